The Balaban J connectivity index is 1.43. The number of hydrogen-bond acceptors (Lipinski definition) is 6. The number of aryl methyl sites for hydroxylation is 1. The van der Waals surface area contributed by atoms with Gasteiger partial charge in [-0.2, -0.15) is 0 Å². The lowest BCUT2D eigenvalue weighted by Gasteiger charge is -2.35. The number of carboxylic acids is 1. The van der Waals surface area contributed by atoms with Gasteiger partial charge in [-0.05, 0) is 43.0 Å². The maximum absolute atomic E-state index is 14.0. The maximum atomic E-state index is 14.0. The molecular weight excluding hydrogens is 538 g/mol. The van der Waals surface area contributed by atoms with Crippen molar-refractivity contribution >= 4 is 23.6 Å². The average molecular weight is 581 g/mol. The van der Waals surface area contributed by atoms with Crippen LogP contribution in [0.4, 0.5) is 10.5 Å². The van der Waals surface area contributed by atoms with E-state index in [9.17, 15) is 19.5 Å². The van der Waals surface area contributed by atoms with Crippen molar-refractivity contribution in [3.8, 4) is 11.5 Å². The lowest BCUT2D eigenvalue weighted by atomic mass is 9.84. The average Bonchev–Trinajstić information content (AvgIpc) is 3.58. The second kappa shape index (κ2) is 13.0. The highest BCUT2D eigenvalue weighted by Crippen LogP contribution is 2.43. The van der Waals surface area contributed by atoms with E-state index >= 15 is 0 Å². The first-order chi connectivity index (χ1) is 20.3. The molecule has 0 saturated carbocycles. The third-order valence-corrected chi connectivity index (χ3v) is 8.68. The van der Waals surface area contributed by atoms with E-state index in [0.29, 0.717) is 50.6 Å². The lowest BCUT2D eigenvalue weighted by molar-refractivity contribution is -0.670. The van der Waals surface area contributed by atoms with Crippen LogP contribution < -0.4 is 18.9 Å². The molecule has 1 N–H and O–H groups in total. The highest BCUT2D eigenvalue weighted by molar-refractivity contribution is 5.94. The van der Waals surface area contributed by atoms with Crippen LogP contribution in [0.5, 0.6) is 11.5 Å². The maximum Gasteiger partial charge on any atom is 0.319 e. The number of pyridine rings is 1. The summed E-state index contributed by atoms with van der Waals surface area (Å²) in [6.07, 6.45) is 6.99. The zero-order valence-corrected chi connectivity index (χ0v) is 24.8. The van der Waals surface area contributed by atoms with Crippen LogP contribution in [0.1, 0.15) is 44.1 Å². The molecule has 5 rings (SSSR count). The number of nitrogens with zero attached hydrogens (tertiary/aromatic N) is 5. The van der Waals surface area contributed by atoms with Crippen LogP contribution in [0.2, 0.25) is 0 Å². The summed E-state index contributed by atoms with van der Waals surface area (Å²) in [7, 11) is 3.72. The first-order valence-corrected chi connectivity index (χ1v) is 14.9. The fraction of sp³-hybridized carbons (Fsp3) is 0.548. The summed E-state index contributed by atoms with van der Waals surface area (Å²) in [5.41, 5.74) is 1.66. The first-order valence-electron chi connectivity index (χ1n) is 14.9. The van der Waals surface area contributed by atoms with Crippen molar-refractivity contribution in [3.05, 3.63) is 48.3 Å². The molecule has 2 aromatic rings. The molecule has 1 unspecified atom stereocenters. The van der Waals surface area contributed by atoms with Gasteiger partial charge in [0.2, 0.25) is 12.7 Å². The number of anilines is 1. The Morgan fingerprint density at radius 1 is 1.17 bits per heavy atom. The van der Waals surface area contributed by atoms with Crippen molar-refractivity contribution in [3.63, 3.8) is 0 Å². The molecule has 3 amide bonds. The summed E-state index contributed by atoms with van der Waals surface area (Å²) < 4.78 is 13.0. The number of aromatic nitrogens is 1. The van der Waals surface area contributed by atoms with Gasteiger partial charge in [-0.25, -0.2) is 9.36 Å². The van der Waals surface area contributed by atoms with Crippen molar-refractivity contribution in [2.45, 2.75) is 44.6 Å². The Labute approximate surface area is 247 Å². The number of amides is 3. The molecule has 11 heteroatoms. The summed E-state index contributed by atoms with van der Waals surface area (Å²) >= 11 is 0. The van der Waals surface area contributed by atoms with Crippen molar-refractivity contribution in [1.82, 2.24) is 14.7 Å². The Morgan fingerprint density at radius 3 is 2.74 bits per heavy atom. The molecule has 3 aliphatic rings. The molecule has 4 heterocycles. The smallest absolute Gasteiger partial charge is 0.319 e. The van der Waals surface area contributed by atoms with Crippen LogP contribution in [0.25, 0.3) is 0 Å². The van der Waals surface area contributed by atoms with E-state index in [4.69, 9.17) is 9.47 Å². The van der Waals surface area contributed by atoms with Gasteiger partial charge in [0.05, 0.1) is 12.5 Å². The van der Waals surface area contributed by atoms with E-state index in [0.717, 1.165) is 30.5 Å². The van der Waals surface area contributed by atoms with E-state index in [1.165, 1.54) is 0 Å². The molecule has 2 fully saturated rings. The molecule has 0 radical (unpaired) electrons. The monoisotopic (exact) mass is 580 g/mol. The molecule has 42 heavy (non-hydrogen) atoms. The number of carbonyl (C=O) groups excluding carboxylic acids is 2. The predicted molar refractivity (Wildman–Crippen MR) is 156 cm³/mol. The molecule has 1 aromatic carbocycles. The molecule has 2 saturated heterocycles. The summed E-state index contributed by atoms with van der Waals surface area (Å²) in [5, 5.41) is 10.6. The fourth-order valence-electron chi connectivity index (χ4n) is 6.47. The SMILES string of the molecule is CCCCN(C(=O)CN1C[C@H](c2ccc3c(c2)OCO3)C(C(=O)O)[C@@H]1CCN1CCCN(C)C1=O)c1ccc[n+](C)c1. The Hall–Kier alpha value is -3.86. The number of benzene rings is 1. The highest BCUT2D eigenvalue weighted by Gasteiger charge is 2.47. The van der Waals surface area contributed by atoms with Crippen LogP contribution in [0.15, 0.2) is 42.7 Å². The minimum Gasteiger partial charge on any atom is -0.481 e. The third-order valence-electron chi connectivity index (χ3n) is 8.68. The number of fused-ring (bicyclic) bond motifs is 1. The second-order valence-corrected chi connectivity index (χ2v) is 11.5. The molecular formula is C31H42N5O6+. The topological polar surface area (TPSA) is 107 Å². The van der Waals surface area contributed by atoms with E-state index in [1.807, 2.05) is 64.1 Å². The van der Waals surface area contributed by atoms with Gasteiger partial charge < -0.3 is 29.3 Å². The van der Waals surface area contributed by atoms with Crippen LogP contribution in [-0.4, -0.2) is 96.9 Å². The molecule has 0 spiro atoms. The van der Waals surface area contributed by atoms with Crippen LogP contribution in [-0.2, 0) is 16.6 Å². The normalized spacial score (nSPS) is 22.1. The van der Waals surface area contributed by atoms with Crippen LogP contribution in [0.3, 0.4) is 0 Å². The van der Waals surface area contributed by atoms with Crippen LogP contribution in [0, 0.1) is 5.92 Å². The Morgan fingerprint density at radius 2 is 1.98 bits per heavy atom. The van der Waals surface area contributed by atoms with Gasteiger partial charge in [0.1, 0.15) is 12.7 Å². The number of likely N-dealkylation sites (tertiary alicyclic amines) is 1. The summed E-state index contributed by atoms with van der Waals surface area (Å²) in [5.74, 6) is -0.834. The minimum absolute atomic E-state index is 0.0382. The standard InChI is InChI=1S/C31H41N5O6/c1-4-5-15-36(23-8-6-12-32(2)18-23)28(37)20-35-19-24(22-9-10-26-27(17-22)42-21-41-26)29(30(38)39)25(35)11-16-34-14-7-13-33(3)31(34)40/h6,8-10,12,17-18,24-25,29H,4-5,7,11,13-16,19-21H2,1-3H3/p+1/t24-,25+,29?/m1/s1. The quantitative estimate of drug-likeness (QED) is 0.408. The summed E-state index contributed by atoms with van der Waals surface area (Å²) in [4.78, 5) is 47.0. The number of unbranched alkanes of at least 4 members (excludes halogenated alkanes) is 1. The highest BCUT2D eigenvalue weighted by atomic mass is 16.7. The van der Waals surface area contributed by atoms with Gasteiger partial charge in [-0.1, -0.05) is 19.4 Å². The third kappa shape index (κ3) is 6.30. The molecule has 1 aromatic heterocycles. The lowest BCUT2D eigenvalue weighted by Crippen LogP contribution is -2.50. The zero-order chi connectivity index (χ0) is 29.8. The second-order valence-electron chi connectivity index (χ2n) is 11.5. The van der Waals surface area contributed by atoms with Gasteiger partial charge in [0.25, 0.3) is 0 Å². The summed E-state index contributed by atoms with van der Waals surface area (Å²) in [6, 6.07) is 8.98. The molecule has 226 valence electrons. The van der Waals surface area contributed by atoms with Crippen molar-refractivity contribution in [2.75, 3.05) is 58.0 Å². The molecule has 11 nitrogen and oxygen atoms in total. The molecule has 3 atom stereocenters. The van der Waals surface area contributed by atoms with E-state index in [2.05, 4.69) is 6.92 Å². The van der Waals surface area contributed by atoms with E-state index < -0.39 is 17.9 Å². The van der Waals surface area contributed by atoms with Gasteiger partial charge in [0.15, 0.2) is 23.9 Å². The van der Waals surface area contributed by atoms with Crippen molar-refractivity contribution < 1.29 is 33.5 Å². The number of carboxylic acid groups (broad SMARTS) is 1. The number of rotatable bonds is 11. The minimum atomic E-state index is -0.905. The summed E-state index contributed by atoms with van der Waals surface area (Å²) in [6.45, 7) is 5.11. The fourth-order valence-corrected chi connectivity index (χ4v) is 6.47. The first kappa shape index (κ1) is 29.6. The van der Waals surface area contributed by atoms with Gasteiger partial charge in [-0.3, -0.25) is 14.5 Å². The van der Waals surface area contributed by atoms with Crippen LogP contribution >= 0.6 is 0 Å². The number of urea groups is 1. The number of carbonyl (C=O) groups is 3. The molecule has 0 bridgehead atoms. The Bertz CT molecular complexity index is 1300. The van der Waals surface area contributed by atoms with Gasteiger partial charge in [-0.15, -0.1) is 0 Å². The number of ether oxygens (including phenoxy) is 2. The largest absolute Gasteiger partial charge is 0.481 e. The van der Waals surface area contributed by atoms with Crippen molar-refractivity contribution in [2.24, 2.45) is 13.0 Å². The number of hydrogen-bond donors (Lipinski definition) is 1. The Kier molecular flexibility index (Phi) is 9.15. The van der Waals surface area contributed by atoms with E-state index in [-0.39, 0.29) is 31.2 Å². The zero-order valence-electron chi connectivity index (χ0n) is 24.8. The number of aliphatic carboxylic acids is 1. The van der Waals surface area contributed by atoms with Gasteiger partial charge in [0, 0.05) is 57.8 Å². The predicted octanol–water partition coefficient (Wildman–Crippen LogP) is 2.69. The van der Waals surface area contributed by atoms with Gasteiger partial charge >= 0.3 is 12.0 Å². The van der Waals surface area contributed by atoms with E-state index in [1.54, 1.807) is 16.8 Å². The molecule has 0 aliphatic carbocycles. The van der Waals surface area contributed by atoms with Crippen molar-refractivity contribution in [1.29, 1.82) is 0 Å². The molecule has 3 aliphatic heterocycles.